The molecular weight excluding hydrogens is 450 g/mol. The van der Waals surface area contributed by atoms with Crippen LogP contribution in [-0.2, 0) is 4.79 Å². The van der Waals surface area contributed by atoms with Gasteiger partial charge in [-0.2, -0.15) is 5.10 Å². The maximum atomic E-state index is 13.2. The van der Waals surface area contributed by atoms with Gasteiger partial charge in [-0.1, -0.05) is 6.07 Å². The first-order valence-corrected chi connectivity index (χ1v) is 11.9. The molecule has 1 aliphatic heterocycles. The number of pyridine rings is 1. The lowest BCUT2D eigenvalue weighted by molar-refractivity contribution is -0.135. The van der Waals surface area contributed by atoms with Crippen LogP contribution in [0, 0.1) is 0 Å². The van der Waals surface area contributed by atoms with Crippen LogP contribution >= 0.6 is 11.3 Å². The summed E-state index contributed by atoms with van der Waals surface area (Å²) in [6, 6.07) is 14.0. The molecule has 0 bridgehead atoms. The van der Waals surface area contributed by atoms with Crippen molar-refractivity contribution in [1.29, 1.82) is 0 Å². The van der Waals surface area contributed by atoms with Crippen LogP contribution in [0.5, 0.6) is 0 Å². The predicted octanol–water partition coefficient (Wildman–Crippen LogP) is 2.73. The molecule has 172 valence electrons. The summed E-state index contributed by atoms with van der Waals surface area (Å²) in [6.45, 7) is 4.08. The molecule has 1 amide bonds. The largest absolute Gasteiger partial charge is 0.352 e. The number of anilines is 1. The summed E-state index contributed by atoms with van der Waals surface area (Å²) in [5, 5.41) is 15.1. The van der Waals surface area contributed by atoms with Gasteiger partial charge in [-0.15, -0.1) is 21.5 Å². The molecule has 9 nitrogen and oxygen atoms in total. The monoisotopic (exact) mass is 473 g/mol. The number of carbonyl (C=O) groups is 1. The molecule has 0 spiro atoms. The summed E-state index contributed by atoms with van der Waals surface area (Å²) in [6.07, 6.45) is 3.45. The lowest BCUT2D eigenvalue weighted by Crippen LogP contribution is -2.51. The number of thiophene rings is 1. The molecule has 4 aromatic heterocycles. The third-order valence-corrected chi connectivity index (χ3v) is 6.76. The van der Waals surface area contributed by atoms with Crippen molar-refractivity contribution in [2.45, 2.75) is 13.0 Å². The van der Waals surface area contributed by atoms with E-state index in [-0.39, 0.29) is 11.5 Å². The second kappa shape index (κ2) is 9.52. The fraction of sp³-hybridized carbons (Fsp3) is 0.250. The van der Waals surface area contributed by atoms with E-state index in [9.17, 15) is 9.59 Å². The van der Waals surface area contributed by atoms with E-state index in [1.54, 1.807) is 41.6 Å². The molecule has 0 saturated carbocycles. The molecule has 0 aromatic carbocycles. The lowest BCUT2D eigenvalue weighted by Gasteiger charge is -2.36. The van der Waals surface area contributed by atoms with Crippen LogP contribution in [-0.4, -0.2) is 61.9 Å². The molecule has 0 aliphatic carbocycles. The van der Waals surface area contributed by atoms with Gasteiger partial charge in [-0.3, -0.25) is 14.6 Å². The minimum Gasteiger partial charge on any atom is -0.352 e. The number of hydrogen-bond donors (Lipinski definition) is 0. The van der Waals surface area contributed by atoms with Crippen molar-refractivity contribution in [3.63, 3.8) is 0 Å². The number of carbonyl (C=O) groups excluding carboxylic acids is 1. The Labute approximate surface area is 200 Å². The van der Waals surface area contributed by atoms with E-state index in [1.165, 1.54) is 10.7 Å². The molecule has 1 saturated heterocycles. The van der Waals surface area contributed by atoms with Gasteiger partial charge < -0.3 is 9.80 Å². The second-order valence-electron chi connectivity index (χ2n) is 7.98. The van der Waals surface area contributed by atoms with Gasteiger partial charge in [0.15, 0.2) is 5.82 Å². The zero-order valence-corrected chi connectivity index (χ0v) is 19.4. The third kappa shape index (κ3) is 4.44. The van der Waals surface area contributed by atoms with Crippen LogP contribution in [0.25, 0.3) is 21.8 Å². The van der Waals surface area contributed by atoms with E-state index in [1.807, 2.05) is 41.8 Å². The van der Waals surface area contributed by atoms with Crippen LogP contribution in [0.3, 0.4) is 0 Å². The number of amides is 1. The third-order valence-electron chi connectivity index (χ3n) is 5.86. The van der Waals surface area contributed by atoms with Gasteiger partial charge in [0.05, 0.1) is 10.6 Å². The highest BCUT2D eigenvalue weighted by molar-refractivity contribution is 7.13. The number of nitrogens with zero attached hydrogens (tertiary/aromatic N) is 7. The topological polar surface area (TPSA) is 97.1 Å². The quantitative estimate of drug-likeness (QED) is 0.440. The number of rotatable bonds is 5. The lowest BCUT2D eigenvalue weighted by atomic mass is 10.2. The van der Waals surface area contributed by atoms with Gasteiger partial charge >= 0.3 is 0 Å². The molecular formula is C24H23N7O2S. The van der Waals surface area contributed by atoms with Crippen LogP contribution < -0.4 is 10.5 Å². The van der Waals surface area contributed by atoms with Crippen LogP contribution in [0.2, 0.25) is 0 Å². The molecule has 0 N–H and O–H groups in total. The molecule has 5 rings (SSSR count). The van der Waals surface area contributed by atoms with Gasteiger partial charge in [-0.25, -0.2) is 4.68 Å². The molecule has 0 radical (unpaired) electrons. The highest BCUT2D eigenvalue weighted by atomic mass is 32.1. The van der Waals surface area contributed by atoms with Crippen molar-refractivity contribution in [3.8, 4) is 21.8 Å². The Balaban J connectivity index is 1.24. The Kier molecular flexibility index (Phi) is 6.13. The van der Waals surface area contributed by atoms with E-state index < -0.39 is 6.04 Å². The van der Waals surface area contributed by atoms with Gasteiger partial charge in [0, 0.05) is 50.2 Å². The van der Waals surface area contributed by atoms with Gasteiger partial charge in [-0.05, 0) is 48.7 Å². The number of aromatic nitrogens is 5. The van der Waals surface area contributed by atoms with E-state index in [4.69, 9.17) is 0 Å². The molecule has 34 heavy (non-hydrogen) atoms. The normalized spacial score (nSPS) is 14.7. The van der Waals surface area contributed by atoms with Crippen molar-refractivity contribution in [3.05, 3.63) is 76.7 Å². The van der Waals surface area contributed by atoms with Gasteiger partial charge in [0.1, 0.15) is 11.7 Å². The minimum atomic E-state index is -0.682. The second-order valence-corrected chi connectivity index (χ2v) is 8.93. The zero-order valence-electron chi connectivity index (χ0n) is 18.6. The Hall–Kier alpha value is -3.92. The first kappa shape index (κ1) is 21.9. The summed E-state index contributed by atoms with van der Waals surface area (Å²) < 4.78 is 1.28. The van der Waals surface area contributed by atoms with E-state index in [0.717, 1.165) is 22.0 Å². The van der Waals surface area contributed by atoms with Crippen molar-refractivity contribution >= 4 is 23.1 Å². The van der Waals surface area contributed by atoms with Crippen molar-refractivity contribution < 1.29 is 4.79 Å². The molecule has 10 heteroatoms. The molecule has 1 fully saturated rings. The summed E-state index contributed by atoms with van der Waals surface area (Å²) in [5.74, 6) is 0.663. The molecule has 5 heterocycles. The Morgan fingerprint density at radius 2 is 1.71 bits per heavy atom. The standard InChI is InChI=1S/C24H23N7O2S/c1-17(31-23(32)7-5-20(28-31)21-3-2-16-34-21)24(33)30-14-12-29(13-15-30)22-6-4-19(26-27-22)18-8-10-25-11-9-18/h2-11,16-17H,12-15H2,1H3. The highest BCUT2D eigenvalue weighted by Gasteiger charge is 2.27. The SMILES string of the molecule is CC(C(=O)N1CCN(c2ccc(-c3ccncc3)nn2)CC1)n1nc(-c2cccs2)ccc1=O. The first-order chi connectivity index (χ1) is 16.6. The van der Waals surface area contributed by atoms with Crippen molar-refractivity contribution in [1.82, 2.24) is 29.9 Å². The van der Waals surface area contributed by atoms with Crippen LogP contribution in [0.4, 0.5) is 5.82 Å². The maximum Gasteiger partial charge on any atom is 0.267 e. The first-order valence-electron chi connectivity index (χ1n) is 11.0. The average Bonchev–Trinajstić information content (AvgIpc) is 3.44. The van der Waals surface area contributed by atoms with E-state index in [0.29, 0.717) is 31.9 Å². The fourth-order valence-electron chi connectivity index (χ4n) is 3.95. The number of hydrogen-bond acceptors (Lipinski definition) is 8. The molecule has 1 unspecified atom stereocenters. The van der Waals surface area contributed by atoms with Crippen LogP contribution in [0.1, 0.15) is 13.0 Å². The van der Waals surface area contributed by atoms with Crippen molar-refractivity contribution in [2.75, 3.05) is 31.1 Å². The fourth-order valence-corrected chi connectivity index (χ4v) is 4.64. The number of piperazine rings is 1. The van der Waals surface area contributed by atoms with E-state index in [2.05, 4.69) is 25.2 Å². The Morgan fingerprint density at radius 3 is 2.38 bits per heavy atom. The summed E-state index contributed by atoms with van der Waals surface area (Å²) >= 11 is 1.54. The smallest absolute Gasteiger partial charge is 0.267 e. The van der Waals surface area contributed by atoms with Crippen LogP contribution in [0.15, 0.2) is 71.1 Å². The van der Waals surface area contributed by atoms with Gasteiger partial charge in [0.25, 0.3) is 5.56 Å². The molecule has 1 aliphatic rings. The Bertz CT molecular complexity index is 1320. The van der Waals surface area contributed by atoms with E-state index >= 15 is 0 Å². The predicted molar refractivity (Wildman–Crippen MR) is 131 cm³/mol. The minimum absolute atomic E-state index is 0.114. The summed E-state index contributed by atoms with van der Waals surface area (Å²) in [4.78, 5) is 34.5. The van der Waals surface area contributed by atoms with Gasteiger partial charge in [0.2, 0.25) is 5.91 Å². The summed E-state index contributed by atoms with van der Waals surface area (Å²) in [7, 11) is 0. The van der Waals surface area contributed by atoms with Crippen molar-refractivity contribution in [2.24, 2.45) is 0 Å². The maximum absolute atomic E-state index is 13.2. The zero-order chi connectivity index (χ0) is 23.5. The highest BCUT2D eigenvalue weighted by Crippen LogP contribution is 2.22. The molecule has 1 atom stereocenters. The Morgan fingerprint density at radius 1 is 0.941 bits per heavy atom. The average molecular weight is 474 g/mol. The summed E-state index contributed by atoms with van der Waals surface area (Å²) in [5.41, 5.74) is 2.15. The molecule has 4 aromatic rings.